The third-order valence-electron chi connectivity index (χ3n) is 4.33. The summed E-state index contributed by atoms with van der Waals surface area (Å²) in [6.07, 6.45) is 5.44. The summed E-state index contributed by atoms with van der Waals surface area (Å²) in [6.45, 7) is 2.69. The van der Waals surface area contributed by atoms with Gasteiger partial charge in [0, 0.05) is 18.9 Å². The predicted octanol–water partition coefficient (Wildman–Crippen LogP) is 2.10. The fourth-order valence-electron chi connectivity index (χ4n) is 3.00. The van der Waals surface area contributed by atoms with E-state index in [2.05, 4.69) is 10.4 Å². The van der Waals surface area contributed by atoms with E-state index in [1.165, 1.54) is 0 Å². The van der Waals surface area contributed by atoms with Crippen LogP contribution in [-0.4, -0.2) is 45.0 Å². The Morgan fingerprint density at radius 1 is 1.48 bits per heavy atom. The Morgan fingerprint density at radius 3 is 3.09 bits per heavy atom. The number of aliphatic hydroxyl groups is 1. The molecule has 1 aromatic heterocycles. The van der Waals surface area contributed by atoms with Crippen LogP contribution in [0.1, 0.15) is 31.4 Å². The fraction of sp³-hybridized carbons (Fsp3) is 0.412. The molecular weight excluding hydrogens is 292 g/mol. The largest absolute Gasteiger partial charge is 0.394 e. The molecule has 1 aliphatic rings. The molecule has 0 aliphatic carbocycles. The molecule has 6 nitrogen and oxygen atoms in total. The molecule has 2 atom stereocenters. The number of hydrogen-bond acceptors (Lipinski definition) is 3. The Labute approximate surface area is 135 Å². The molecule has 0 radical (unpaired) electrons. The molecule has 2 heterocycles. The van der Waals surface area contributed by atoms with Gasteiger partial charge in [0.05, 0.1) is 24.4 Å². The van der Waals surface area contributed by atoms with Crippen molar-refractivity contribution in [3.05, 3.63) is 48.3 Å². The first-order valence-electron chi connectivity index (χ1n) is 7.97. The van der Waals surface area contributed by atoms with Gasteiger partial charge in [-0.3, -0.25) is 0 Å². The summed E-state index contributed by atoms with van der Waals surface area (Å²) in [5.74, 6) is 0. The van der Waals surface area contributed by atoms with E-state index < -0.39 is 0 Å². The number of amides is 2. The maximum Gasteiger partial charge on any atom is 0.318 e. The van der Waals surface area contributed by atoms with E-state index in [0.29, 0.717) is 6.54 Å². The number of likely N-dealkylation sites (tertiary alicyclic amines) is 1. The minimum atomic E-state index is -0.113. The van der Waals surface area contributed by atoms with Crippen LogP contribution in [-0.2, 0) is 0 Å². The lowest BCUT2D eigenvalue weighted by molar-refractivity contribution is 0.155. The monoisotopic (exact) mass is 314 g/mol. The van der Waals surface area contributed by atoms with E-state index in [4.69, 9.17) is 0 Å². The Balaban J connectivity index is 1.70. The molecule has 0 saturated carbocycles. The van der Waals surface area contributed by atoms with Gasteiger partial charge in [0.1, 0.15) is 0 Å². The molecule has 0 unspecified atom stereocenters. The van der Waals surface area contributed by atoms with Crippen molar-refractivity contribution in [3.63, 3.8) is 0 Å². The van der Waals surface area contributed by atoms with Crippen molar-refractivity contribution in [3.8, 4) is 5.69 Å². The number of carbonyl (C=O) groups is 1. The maximum atomic E-state index is 12.4. The van der Waals surface area contributed by atoms with Crippen molar-refractivity contribution < 1.29 is 9.90 Å². The lowest BCUT2D eigenvalue weighted by Gasteiger charge is -2.25. The fourth-order valence-corrected chi connectivity index (χ4v) is 3.00. The molecule has 3 rings (SSSR count). The van der Waals surface area contributed by atoms with Crippen LogP contribution in [0.15, 0.2) is 42.7 Å². The van der Waals surface area contributed by atoms with E-state index in [1.54, 1.807) is 15.8 Å². The van der Waals surface area contributed by atoms with Crippen LogP contribution in [0.4, 0.5) is 4.79 Å². The molecule has 2 amide bonds. The molecule has 1 aliphatic heterocycles. The van der Waals surface area contributed by atoms with Gasteiger partial charge in [-0.1, -0.05) is 12.1 Å². The van der Waals surface area contributed by atoms with Crippen LogP contribution < -0.4 is 5.32 Å². The second kappa shape index (κ2) is 6.83. The topological polar surface area (TPSA) is 70.4 Å². The van der Waals surface area contributed by atoms with E-state index in [-0.39, 0.29) is 24.7 Å². The highest BCUT2D eigenvalue weighted by Crippen LogP contribution is 2.20. The van der Waals surface area contributed by atoms with Gasteiger partial charge in [0.25, 0.3) is 0 Å². The van der Waals surface area contributed by atoms with Crippen molar-refractivity contribution in [2.45, 2.75) is 31.8 Å². The highest BCUT2D eigenvalue weighted by Gasteiger charge is 2.28. The summed E-state index contributed by atoms with van der Waals surface area (Å²) < 4.78 is 1.79. The average Bonchev–Trinajstić information content (AvgIpc) is 3.26. The standard InChI is InChI=1S/C17H22N4O2/c1-13(19-17(23)20-9-3-7-16(20)12-22)14-5-2-6-15(11-14)21-10-4-8-18-21/h2,4-6,8,10-11,13,16,22H,3,7,9,12H2,1H3,(H,19,23)/t13-,16-/m1/s1. The number of aromatic nitrogens is 2. The van der Waals surface area contributed by atoms with Gasteiger partial charge >= 0.3 is 6.03 Å². The normalized spacial score (nSPS) is 18.9. The van der Waals surface area contributed by atoms with E-state index >= 15 is 0 Å². The van der Waals surface area contributed by atoms with Crippen LogP contribution in [0, 0.1) is 0 Å². The smallest absolute Gasteiger partial charge is 0.318 e. The number of benzene rings is 1. The Kier molecular flexibility index (Phi) is 4.62. The quantitative estimate of drug-likeness (QED) is 0.908. The van der Waals surface area contributed by atoms with Crippen molar-refractivity contribution in [2.24, 2.45) is 0 Å². The number of urea groups is 1. The second-order valence-electron chi connectivity index (χ2n) is 5.89. The van der Waals surface area contributed by atoms with Gasteiger partial charge in [-0.25, -0.2) is 9.48 Å². The average molecular weight is 314 g/mol. The maximum absolute atomic E-state index is 12.4. The molecule has 122 valence electrons. The highest BCUT2D eigenvalue weighted by molar-refractivity contribution is 5.75. The molecule has 1 saturated heterocycles. The molecule has 1 fully saturated rings. The lowest BCUT2D eigenvalue weighted by Crippen LogP contribution is -2.44. The molecule has 0 spiro atoms. The Morgan fingerprint density at radius 2 is 2.35 bits per heavy atom. The predicted molar refractivity (Wildman–Crippen MR) is 87.3 cm³/mol. The number of nitrogens with zero attached hydrogens (tertiary/aromatic N) is 3. The molecule has 0 bridgehead atoms. The number of carbonyl (C=O) groups excluding carboxylic acids is 1. The number of aliphatic hydroxyl groups excluding tert-OH is 1. The van der Waals surface area contributed by atoms with Crippen molar-refractivity contribution in [1.82, 2.24) is 20.0 Å². The van der Waals surface area contributed by atoms with E-state index in [9.17, 15) is 9.90 Å². The van der Waals surface area contributed by atoms with Gasteiger partial charge in [-0.15, -0.1) is 0 Å². The first-order valence-corrected chi connectivity index (χ1v) is 7.97. The summed E-state index contributed by atoms with van der Waals surface area (Å²) in [5, 5.41) is 16.6. The third kappa shape index (κ3) is 3.37. The van der Waals surface area contributed by atoms with Crippen LogP contribution in [0.2, 0.25) is 0 Å². The highest BCUT2D eigenvalue weighted by atomic mass is 16.3. The molecule has 6 heteroatoms. The molecule has 2 N–H and O–H groups in total. The van der Waals surface area contributed by atoms with Crippen molar-refractivity contribution in [1.29, 1.82) is 0 Å². The van der Waals surface area contributed by atoms with Crippen molar-refractivity contribution >= 4 is 6.03 Å². The van der Waals surface area contributed by atoms with Crippen LogP contribution >= 0.6 is 0 Å². The minimum absolute atomic E-state index is 0.0244. The number of rotatable bonds is 4. The van der Waals surface area contributed by atoms with Gasteiger partial charge in [-0.2, -0.15) is 5.10 Å². The summed E-state index contributed by atoms with van der Waals surface area (Å²) in [5.41, 5.74) is 1.98. The first kappa shape index (κ1) is 15.6. The summed E-state index contributed by atoms with van der Waals surface area (Å²) >= 11 is 0. The zero-order valence-electron chi connectivity index (χ0n) is 13.2. The summed E-state index contributed by atoms with van der Waals surface area (Å²) in [6, 6.07) is 9.54. The summed E-state index contributed by atoms with van der Waals surface area (Å²) in [4.78, 5) is 14.1. The number of nitrogens with one attached hydrogen (secondary N) is 1. The molecular formula is C17H22N4O2. The van der Waals surface area contributed by atoms with Gasteiger partial charge in [-0.05, 0) is 43.5 Å². The Bertz CT molecular complexity index is 656. The molecule has 1 aromatic carbocycles. The third-order valence-corrected chi connectivity index (χ3v) is 4.33. The first-order chi connectivity index (χ1) is 11.2. The number of hydrogen-bond donors (Lipinski definition) is 2. The van der Waals surface area contributed by atoms with Crippen LogP contribution in [0.5, 0.6) is 0 Å². The molecule has 23 heavy (non-hydrogen) atoms. The van der Waals surface area contributed by atoms with Crippen LogP contribution in [0.3, 0.4) is 0 Å². The van der Waals surface area contributed by atoms with Gasteiger partial charge in [0.2, 0.25) is 0 Å². The van der Waals surface area contributed by atoms with Gasteiger partial charge in [0.15, 0.2) is 0 Å². The Hall–Kier alpha value is -2.34. The van der Waals surface area contributed by atoms with Crippen LogP contribution in [0.25, 0.3) is 5.69 Å². The summed E-state index contributed by atoms with van der Waals surface area (Å²) in [7, 11) is 0. The lowest BCUT2D eigenvalue weighted by atomic mass is 10.1. The molecule has 2 aromatic rings. The van der Waals surface area contributed by atoms with Crippen molar-refractivity contribution in [2.75, 3.05) is 13.2 Å². The SMILES string of the molecule is C[C@@H](NC(=O)N1CCC[C@@H]1CO)c1cccc(-n2cccn2)c1. The van der Waals surface area contributed by atoms with E-state index in [1.807, 2.05) is 43.5 Å². The van der Waals surface area contributed by atoms with Gasteiger partial charge < -0.3 is 15.3 Å². The zero-order chi connectivity index (χ0) is 16.2. The zero-order valence-corrected chi connectivity index (χ0v) is 13.2. The second-order valence-corrected chi connectivity index (χ2v) is 5.89. The van der Waals surface area contributed by atoms with E-state index in [0.717, 1.165) is 24.1 Å². The minimum Gasteiger partial charge on any atom is -0.394 e.